The first-order valence-corrected chi connectivity index (χ1v) is 6.31. The lowest BCUT2D eigenvalue weighted by Crippen LogP contribution is -2.45. The Morgan fingerprint density at radius 3 is 2.53 bits per heavy atom. The number of aliphatic carboxylic acids is 1. The normalized spacial score (nSPS) is 15.7. The van der Waals surface area contributed by atoms with E-state index in [1.807, 2.05) is 0 Å². The van der Waals surface area contributed by atoms with E-state index in [1.165, 1.54) is 6.07 Å². The fraction of sp³-hybridized carbons (Fsp3) is 0.333. The zero-order valence-corrected chi connectivity index (χ0v) is 11.3. The van der Waals surface area contributed by atoms with Crippen molar-refractivity contribution in [3.8, 4) is 5.75 Å². The highest BCUT2D eigenvalue weighted by atomic mass is 35.5. The minimum absolute atomic E-state index is 0.271. The molecule has 0 aromatic heterocycles. The lowest BCUT2D eigenvalue weighted by atomic mass is 10.3. The summed E-state index contributed by atoms with van der Waals surface area (Å²) in [4.78, 5) is 22.5. The Balaban J connectivity index is 1.87. The zero-order valence-electron chi connectivity index (χ0n) is 9.78. The quantitative estimate of drug-likeness (QED) is 0.873. The number of amides is 1. The second-order valence-electron chi connectivity index (χ2n) is 4.30. The van der Waals surface area contributed by atoms with Gasteiger partial charge < -0.3 is 15.2 Å². The minimum Gasteiger partial charge on any atom is -0.484 e. The van der Waals surface area contributed by atoms with Crippen molar-refractivity contribution in [2.75, 3.05) is 6.61 Å². The van der Waals surface area contributed by atoms with Gasteiger partial charge in [-0.2, -0.15) is 0 Å². The third-order valence-electron chi connectivity index (χ3n) is 2.80. The highest BCUT2D eigenvalue weighted by Gasteiger charge is 2.51. The van der Waals surface area contributed by atoms with Crippen molar-refractivity contribution < 1.29 is 19.4 Å². The molecule has 1 fully saturated rings. The predicted molar refractivity (Wildman–Crippen MR) is 69.7 cm³/mol. The van der Waals surface area contributed by atoms with Gasteiger partial charge in [0.25, 0.3) is 5.91 Å². The second-order valence-corrected chi connectivity index (χ2v) is 5.11. The van der Waals surface area contributed by atoms with Gasteiger partial charge in [0.1, 0.15) is 11.3 Å². The molecule has 102 valence electrons. The summed E-state index contributed by atoms with van der Waals surface area (Å²) in [6.45, 7) is -0.271. The van der Waals surface area contributed by atoms with Crippen molar-refractivity contribution in [3.63, 3.8) is 0 Å². The molecule has 7 heteroatoms. The zero-order chi connectivity index (χ0) is 14.0. The lowest BCUT2D eigenvalue weighted by molar-refractivity contribution is -0.143. The molecule has 2 rings (SSSR count). The first-order chi connectivity index (χ1) is 8.93. The standard InChI is InChI=1S/C12H11Cl2NO4/c13-8-2-1-7(5-9(8)14)19-6-10(16)15-12(3-4-12)11(17)18/h1-2,5H,3-4,6H2,(H,15,16)(H,17,18). The summed E-state index contributed by atoms with van der Waals surface area (Å²) in [5.74, 6) is -1.11. The Hall–Kier alpha value is -1.46. The van der Waals surface area contributed by atoms with Crippen LogP contribution in [0.15, 0.2) is 18.2 Å². The molecule has 0 saturated heterocycles. The third kappa shape index (κ3) is 3.30. The highest BCUT2D eigenvalue weighted by Crippen LogP contribution is 2.35. The number of carboxylic acid groups (broad SMARTS) is 1. The molecule has 19 heavy (non-hydrogen) atoms. The van der Waals surface area contributed by atoms with E-state index in [0.717, 1.165) is 0 Å². The first-order valence-electron chi connectivity index (χ1n) is 5.55. The Labute approximate surface area is 119 Å². The number of nitrogens with one attached hydrogen (secondary N) is 1. The van der Waals surface area contributed by atoms with Crippen LogP contribution in [-0.2, 0) is 9.59 Å². The largest absolute Gasteiger partial charge is 0.484 e. The van der Waals surface area contributed by atoms with E-state index in [-0.39, 0.29) is 6.61 Å². The maximum atomic E-state index is 11.6. The van der Waals surface area contributed by atoms with Crippen LogP contribution in [0, 0.1) is 0 Å². The van der Waals surface area contributed by atoms with Gasteiger partial charge in [-0.05, 0) is 25.0 Å². The van der Waals surface area contributed by atoms with Gasteiger partial charge >= 0.3 is 5.97 Å². The molecule has 1 saturated carbocycles. The molecule has 1 aromatic rings. The van der Waals surface area contributed by atoms with Gasteiger partial charge in [-0.1, -0.05) is 23.2 Å². The number of ether oxygens (including phenoxy) is 1. The van der Waals surface area contributed by atoms with Gasteiger partial charge in [0.15, 0.2) is 6.61 Å². The molecule has 1 aliphatic carbocycles. The predicted octanol–water partition coefficient (Wildman–Crippen LogP) is 2.11. The van der Waals surface area contributed by atoms with Crippen LogP contribution in [0.5, 0.6) is 5.75 Å². The van der Waals surface area contributed by atoms with Gasteiger partial charge in [-0.25, -0.2) is 4.79 Å². The molecule has 0 heterocycles. The maximum absolute atomic E-state index is 11.6. The van der Waals surface area contributed by atoms with Crippen LogP contribution in [0.3, 0.4) is 0 Å². The molecule has 1 aromatic carbocycles. The number of carbonyl (C=O) groups is 2. The Morgan fingerprint density at radius 2 is 2.00 bits per heavy atom. The lowest BCUT2D eigenvalue weighted by Gasteiger charge is -2.13. The number of carbonyl (C=O) groups excluding carboxylic acids is 1. The average molecular weight is 304 g/mol. The average Bonchev–Trinajstić information content (AvgIpc) is 3.12. The number of benzene rings is 1. The van der Waals surface area contributed by atoms with Crippen molar-refractivity contribution >= 4 is 35.1 Å². The monoisotopic (exact) mass is 303 g/mol. The molecule has 0 aliphatic heterocycles. The molecule has 0 bridgehead atoms. The number of hydrogen-bond acceptors (Lipinski definition) is 3. The number of halogens is 2. The van der Waals surface area contributed by atoms with Crippen LogP contribution in [0.2, 0.25) is 10.0 Å². The molecular formula is C12H11Cl2NO4. The molecule has 5 nitrogen and oxygen atoms in total. The van der Waals surface area contributed by atoms with Gasteiger partial charge in [0.05, 0.1) is 10.0 Å². The molecule has 1 aliphatic rings. The van der Waals surface area contributed by atoms with E-state index >= 15 is 0 Å². The summed E-state index contributed by atoms with van der Waals surface area (Å²) in [5.41, 5.74) is -1.10. The summed E-state index contributed by atoms with van der Waals surface area (Å²) in [6, 6.07) is 4.61. The number of hydrogen-bond donors (Lipinski definition) is 2. The molecule has 2 N–H and O–H groups in total. The molecule has 0 atom stereocenters. The van der Waals surface area contributed by atoms with Crippen molar-refractivity contribution in [3.05, 3.63) is 28.2 Å². The Bertz CT molecular complexity index is 528. The van der Waals surface area contributed by atoms with E-state index in [2.05, 4.69) is 5.32 Å². The first kappa shape index (κ1) is 14.0. The van der Waals surface area contributed by atoms with Crippen LogP contribution in [-0.4, -0.2) is 29.1 Å². The van der Waals surface area contributed by atoms with Crippen LogP contribution >= 0.6 is 23.2 Å². The van der Waals surface area contributed by atoms with E-state index < -0.39 is 17.4 Å². The summed E-state index contributed by atoms with van der Waals surface area (Å²) in [6.07, 6.45) is 0.891. The highest BCUT2D eigenvalue weighted by molar-refractivity contribution is 6.42. The van der Waals surface area contributed by atoms with Crippen molar-refractivity contribution in [1.29, 1.82) is 0 Å². The molecular weight excluding hydrogens is 293 g/mol. The van der Waals surface area contributed by atoms with Crippen molar-refractivity contribution in [2.24, 2.45) is 0 Å². The van der Waals surface area contributed by atoms with E-state index in [1.54, 1.807) is 12.1 Å². The summed E-state index contributed by atoms with van der Waals surface area (Å²) >= 11 is 11.5. The molecule has 0 spiro atoms. The van der Waals surface area contributed by atoms with E-state index in [9.17, 15) is 9.59 Å². The Morgan fingerprint density at radius 1 is 1.32 bits per heavy atom. The summed E-state index contributed by atoms with van der Waals surface area (Å²) in [7, 11) is 0. The smallest absolute Gasteiger partial charge is 0.329 e. The van der Waals surface area contributed by atoms with Crippen molar-refractivity contribution in [2.45, 2.75) is 18.4 Å². The fourth-order valence-corrected chi connectivity index (χ4v) is 1.82. The van der Waals surface area contributed by atoms with Gasteiger partial charge in [-0.3, -0.25) is 4.79 Å². The fourth-order valence-electron chi connectivity index (χ4n) is 1.54. The van der Waals surface area contributed by atoms with Crippen LogP contribution in [0.4, 0.5) is 0 Å². The summed E-state index contributed by atoms with van der Waals surface area (Å²) < 4.78 is 5.21. The van der Waals surface area contributed by atoms with Crippen molar-refractivity contribution in [1.82, 2.24) is 5.32 Å². The van der Waals surface area contributed by atoms with Gasteiger partial charge in [0.2, 0.25) is 0 Å². The van der Waals surface area contributed by atoms with Crippen LogP contribution < -0.4 is 10.1 Å². The number of rotatable bonds is 5. The van der Waals surface area contributed by atoms with Crippen LogP contribution in [0.1, 0.15) is 12.8 Å². The molecule has 0 radical (unpaired) electrons. The molecule has 0 unspecified atom stereocenters. The number of carboxylic acids is 1. The SMILES string of the molecule is O=C(COc1ccc(Cl)c(Cl)c1)NC1(C(=O)O)CC1. The van der Waals surface area contributed by atoms with Crippen LogP contribution in [0.25, 0.3) is 0 Å². The van der Waals surface area contributed by atoms with E-state index in [4.69, 9.17) is 33.0 Å². The molecule has 1 amide bonds. The third-order valence-corrected chi connectivity index (χ3v) is 3.54. The topological polar surface area (TPSA) is 75.6 Å². The Kier molecular flexibility index (Phi) is 3.87. The maximum Gasteiger partial charge on any atom is 0.329 e. The van der Waals surface area contributed by atoms with Gasteiger partial charge in [0, 0.05) is 6.07 Å². The minimum atomic E-state index is -1.10. The second kappa shape index (κ2) is 5.27. The van der Waals surface area contributed by atoms with E-state index in [0.29, 0.717) is 28.6 Å². The van der Waals surface area contributed by atoms with Gasteiger partial charge in [-0.15, -0.1) is 0 Å². The summed E-state index contributed by atoms with van der Waals surface area (Å²) in [5, 5.41) is 12.1.